The lowest BCUT2D eigenvalue weighted by Crippen LogP contribution is -2.52. The molecule has 3 aliphatic rings. The summed E-state index contributed by atoms with van der Waals surface area (Å²) in [5.41, 5.74) is 1.24. The Balaban J connectivity index is 1.18. The van der Waals surface area contributed by atoms with Crippen molar-refractivity contribution in [2.75, 3.05) is 26.2 Å². The third kappa shape index (κ3) is 4.50. The van der Waals surface area contributed by atoms with Crippen molar-refractivity contribution < 1.29 is 9.53 Å². The maximum absolute atomic E-state index is 12.6. The van der Waals surface area contributed by atoms with Gasteiger partial charge in [-0.25, -0.2) is 4.79 Å². The van der Waals surface area contributed by atoms with Crippen LogP contribution < -0.4 is 10.1 Å². The third-order valence-electron chi connectivity index (χ3n) is 5.97. The molecule has 142 valence electrons. The van der Waals surface area contributed by atoms with Crippen molar-refractivity contribution in [3.8, 4) is 5.75 Å². The Morgan fingerprint density at radius 1 is 0.962 bits per heavy atom. The normalized spacial score (nSPS) is 23.0. The second-order valence-electron chi connectivity index (χ2n) is 8.11. The van der Waals surface area contributed by atoms with E-state index in [1.54, 1.807) is 0 Å². The first-order chi connectivity index (χ1) is 12.7. The van der Waals surface area contributed by atoms with Crippen molar-refractivity contribution in [2.24, 2.45) is 0 Å². The molecule has 0 radical (unpaired) electrons. The largest absolute Gasteiger partial charge is 0.490 e. The predicted molar refractivity (Wildman–Crippen MR) is 103 cm³/mol. The van der Waals surface area contributed by atoms with E-state index in [1.165, 1.54) is 18.4 Å². The minimum absolute atomic E-state index is 0.114. The molecule has 0 aromatic heterocycles. The van der Waals surface area contributed by atoms with E-state index in [0.717, 1.165) is 63.7 Å². The topological polar surface area (TPSA) is 44.8 Å². The van der Waals surface area contributed by atoms with Gasteiger partial charge in [0, 0.05) is 51.1 Å². The van der Waals surface area contributed by atoms with Crippen molar-refractivity contribution in [2.45, 2.75) is 63.6 Å². The summed E-state index contributed by atoms with van der Waals surface area (Å²) in [4.78, 5) is 17.1. The Morgan fingerprint density at radius 3 is 2.23 bits per heavy atom. The van der Waals surface area contributed by atoms with Crippen LogP contribution in [0, 0.1) is 6.92 Å². The number of hydrogen-bond acceptors (Lipinski definition) is 3. The quantitative estimate of drug-likeness (QED) is 0.900. The lowest BCUT2D eigenvalue weighted by Gasteiger charge is -2.36. The number of urea groups is 1. The van der Waals surface area contributed by atoms with Gasteiger partial charge in [-0.2, -0.15) is 0 Å². The fourth-order valence-corrected chi connectivity index (χ4v) is 4.10. The molecular weight excluding hydrogens is 326 g/mol. The summed E-state index contributed by atoms with van der Waals surface area (Å²) in [7, 11) is 0. The average Bonchev–Trinajstić information content (AvgIpc) is 3.50. The number of carbonyl (C=O) groups is 1. The number of ether oxygens (including phenoxy) is 1. The highest BCUT2D eigenvalue weighted by molar-refractivity contribution is 5.74. The molecule has 2 saturated heterocycles. The van der Waals surface area contributed by atoms with Crippen molar-refractivity contribution in [1.29, 1.82) is 0 Å². The minimum atomic E-state index is 0.114. The van der Waals surface area contributed by atoms with Crippen molar-refractivity contribution in [1.82, 2.24) is 15.1 Å². The highest BCUT2D eigenvalue weighted by Gasteiger charge is 2.33. The molecule has 26 heavy (non-hydrogen) atoms. The number of nitrogens with zero attached hydrogens (tertiary/aromatic N) is 2. The number of carbonyl (C=O) groups excluding carboxylic acids is 1. The molecule has 4 rings (SSSR count). The number of amides is 2. The van der Waals surface area contributed by atoms with Crippen LogP contribution in [0.3, 0.4) is 0 Å². The molecule has 1 aliphatic carbocycles. The Bertz CT molecular complexity index is 598. The van der Waals surface area contributed by atoms with Crippen molar-refractivity contribution >= 4 is 6.03 Å². The number of piperidine rings is 2. The number of aryl methyl sites for hydroxylation is 1. The van der Waals surface area contributed by atoms with Crippen LogP contribution in [0.2, 0.25) is 0 Å². The van der Waals surface area contributed by atoms with Gasteiger partial charge in [0.1, 0.15) is 11.9 Å². The molecule has 1 saturated carbocycles. The SMILES string of the molecule is Cc1ccc(OC2CCN(C(=O)NC3CCN(C4CC4)CC3)CC2)cc1. The van der Waals surface area contributed by atoms with Crippen LogP contribution in [0.5, 0.6) is 5.75 Å². The van der Waals surface area contributed by atoms with Gasteiger partial charge < -0.3 is 19.9 Å². The fourth-order valence-electron chi connectivity index (χ4n) is 4.10. The molecule has 1 aromatic rings. The summed E-state index contributed by atoms with van der Waals surface area (Å²) in [5, 5.41) is 3.26. The Kier molecular flexibility index (Phi) is 5.34. The van der Waals surface area contributed by atoms with Crippen LogP contribution in [0.15, 0.2) is 24.3 Å². The van der Waals surface area contributed by atoms with Crippen LogP contribution in [-0.2, 0) is 0 Å². The third-order valence-corrected chi connectivity index (χ3v) is 5.97. The predicted octanol–water partition coefficient (Wildman–Crippen LogP) is 3.17. The molecule has 0 spiro atoms. The van der Waals surface area contributed by atoms with E-state index in [4.69, 9.17) is 4.74 Å². The maximum atomic E-state index is 12.6. The molecule has 2 amide bonds. The molecule has 3 fully saturated rings. The summed E-state index contributed by atoms with van der Waals surface area (Å²) in [6, 6.07) is 9.52. The van der Waals surface area contributed by atoms with Crippen LogP contribution in [0.25, 0.3) is 0 Å². The van der Waals surface area contributed by atoms with Gasteiger partial charge in [-0.15, -0.1) is 0 Å². The lowest BCUT2D eigenvalue weighted by molar-refractivity contribution is 0.107. The van der Waals surface area contributed by atoms with Crippen LogP contribution >= 0.6 is 0 Å². The molecule has 2 heterocycles. The van der Waals surface area contributed by atoms with Crippen LogP contribution in [0.1, 0.15) is 44.1 Å². The fraction of sp³-hybridized carbons (Fsp3) is 0.667. The van der Waals surface area contributed by atoms with E-state index in [-0.39, 0.29) is 12.1 Å². The first kappa shape index (κ1) is 17.7. The number of hydrogen-bond donors (Lipinski definition) is 1. The molecule has 1 N–H and O–H groups in total. The molecule has 5 nitrogen and oxygen atoms in total. The second kappa shape index (κ2) is 7.87. The van der Waals surface area contributed by atoms with Gasteiger partial charge in [0.05, 0.1) is 0 Å². The Labute approximate surface area is 156 Å². The smallest absolute Gasteiger partial charge is 0.317 e. The Hall–Kier alpha value is -1.75. The first-order valence-electron chi connectivity index (χ1n) is 10.2. The summed E-state index contributed by atoms with van der Waals surface area (Å²) in [5.74, 6) is 0.931. The summed E-state index contributed by atoms with van der Waals surface area (Å²) >= 11 is 0. The van der Waals surface area contributed by atoms with Gasteiger partial charge in [0.2, 0.25) is 0 Å². The van der Waals surface area contributed by atoms with Gasteiger partial charge in [-0.3, -0.25) is 0 Å². The lowest BCUT2D eigenvalue weighted by atomic mass is 10.0. The monoisotopic (exact) mass is 357 g/mol. The van der Waals surface area contributed by atoms with Gasteiger partial charge >= 0.3 is 6.03 Å². The first-order valence-corrected chi connectivity index (χ1v) is 10.2. The molecule has 2 aliphatic heterocycles. The summed E-state index contributed by atoms with van der Waals surface area (Å²) < 4.78 is 6.06. The molecule has 0 unspecified atom stereocenters. The van der Waals surface area contributed by atoms with Crippen LogP contribution in [0.4, 0.5) is 4.79 Å². The number of benzene rings is 1. The van der Waals surface area contributed by atoms with Gasteiger partial charge in [0.25, 0.3) is 0 Å². The average molecular weight is 357 g/mol. The zero-order valence-corrected chi connectivity index (χ0v) is 15.8. The van der Waals surface area contributed by atoms with Gasteiger partial charge in [0.15, 0.2) is 0 Å². The highest BCUT2D eigenvalue weighted by atomic mass is 16.5. The number of nitrogens with one attached hydrogen (secondary N) is 1. The molecule has 1 aromatic carbocycles. The highest BCUT2D eigenvalue weighted by Crippen LogP contribution is 2.29. The number of likely N-dealkylation sites (tertiary alicyclic amines) is 2. The van der Waals surface area contributed by atoms with Gasteiger partial charge in [-0.05, 0) is 44.7 Å². The second-order valence-corrected chi connectivity index (χ2v) is 8.11. The zero-order valence-electron chi connectivity index (χ0n) is 15.8. The minimum Gasteiger partial charge on any atom is -0.490 e. The van der Waals surface area contributed by atoms with E-state index < -0.39 is 0 Å². The van der Waals surface area contributed by atoms with E-state index >= 15 is 0 Å². The maximum Gasteiger partial charge on any atom is 0.317 e. The van der Waals surface area contributed by atoms with Crippen LogP contribution in [-0.4, -0.2) is 60.2 Å². The Morgan fingerprint density at radius 2 is 1.62 bits per heavy atom. The van der Waals surface area contributed by atoms with E-state index in [1.807, 2.05) is 17.0 Å². The van der Waals surface area contributed by atoms with Crippen molar-refractivity contribution in [3.63, 3.8) is 0 Å². The standard InChI is InChI=1S/C21H31N3O2/c1-16-2-6-19(7-3-16)26-20-10-14-24(15-11-20)21(25)22-17-8-12-23(13-9-17)18-4-5-18/h2-3,6-7,17-18,20H,4-5,8-15H2,1H3,(H,22,25). The van der Waals surface area contributed by atoms with E-state index in [0.29, 0.717) is 6.04 Å². The molecular formula is C21H31N3O2. The zero-order chi connectivity index (χ0) is 17.9. The molecule has 0 atom stereocenters. The van der Waals surface area contributed by atoms with Gasteiger partial charge in [-0.1, -0.05) is 17.7 Å². The summed E-state index contributed by atoms with van der Waals surface area (Å²) in [6.45, 7) is 5.92. The van der Waals surface area contributed by atoms with E-state index in [2.05, 4.69) is 29.3 Å². The molecule has 0 bridgehead atoms. The number of rotatable bonds is 4. The molecule has 5 heteroatoms. The van der Waals surface area contributed by atoms with E-state index in [9.17, 15) is 4.79 Å². The van der Waals surface area contributed by atoms with Crippen molar-refractivity contribution in [3.05, 3.63) is 29.8 Å². The summed E-state index contributed by atoms with van der Waals surface area (Å²) in [6.07, 6.45) is 6.95.